The molecular formula is C15H15ClN2O2. The molecule has 2 aromatic carbocycles. The Morgan fingerprint density at radius 1 is 1.25 bits per heavy atom. The van der Waals surface area contributed by atoms with Crippen LogP contribution in [0.1, 0.15) is 29.5 Å². The minimum absolute atomic E-state index is 0.0566. The van der Waals surface area contributed by atoms with Crippen LogP contribution in [0.25, 0.3) is 0 Å². The summed E-state index contributed by atoms with van der Waals surface area (Å²) >= 11 is 6.19. The first kappa shape index (κ1) is 14.3. The molecule has 5 heteroatoms. The Hall–Kier alpha value is -2.07. The van der Waals surface area contributed by atoms with Gasteiger partial charge in [0.1, 0.15) is 5.69 Å². The number of nitrogens with zero attached hydrogens (tertiary/aromatic N) is 1. The summed E-state index contributed by atoms with van der Waals surface area (Å²) < 4.78 is 0. The van der Waals surface area contributed by atoms with Crippen LogP contribution in [-0.4, -0.2) is 4.92 Å². The number of anilines is 1. The fraction of sp³-hybridized carbons (Fsp3) is 0.200. The van der Waals surface area contributed by atoms with Crippen molar-refractivity contribution in [2.24, 2.45) is 0 Å². The minimum Gasteiger partial charge on any atom is -0.393 e. The van der Waals surface area contributed by atoms with Crippen molar-refractivity contribution in [3.05, 3.63) is 68.2 Å². The maximum absolute atomic E-state index is 11.1. The quantitative estimate of drug-likeness (QED) is 0.521. The second-order valence-electron chi connectivity index (χ2n) is 4.79. The van der Waals surface area contributed by atoms with Gasteiger partial charge in [-0.05, 0) is 29.7 Å². The maximum Gasteiger partial charge on any atom is 0.292 e. The molecule has 0 radical (unpaired) electrons. The molecule has 20 heavy (non-hydrogen) atoms. The third-order valence-electron chi connectivity index (χ3n) is 3.37. The molecule has 0 heterocycles. The molecular weight excluding hydrogens is 276 g/mol. The fourth-order valence-corrected chi connectivity index (χ4v) is 2.61. The van der Waals surface area contributed by atoms with Gasteiger partial charge in [-0.3, -0.25) is 10.1 Å². The number of nitrogen functional groups attached to an aromatic ring is 1. The van der Waals surface area contributed by atoms with Crippen molar-refractivity contribution in [2.45, 2.75) is 19.8 Å². The summed E-state index contributed by atoms with van der Waals surface area (Å²) in [6.07, 6.45) is 0. The van der Waals surface area contributed by atoms with E-state index in [-0.39, 0.29) is 17.3 Å². The summed E-state index contributed by atoms with van der Waals surface area (Å²) in [5.74, 6) is -0.109. The summed E-state index contributed by atoms with van der Waals surface area (Å²) in [5, 5.41) is 11.7. The fourth-order valence-electron chi connectivity index (χ4n) is 2.31. The highest BCUT2D eigenvalue weighted by Gasteiger charge is 2.21. The van der Waals surface area contributed by atoms with Gasteiger partial charge in [-0.25, -0.2) is 0 Å². The molecule has 1 unspecified atom stereocenters. The number of hydrogen-bond donors (Lipinski definition) is 1. The van der Waals surface area contributed by atoms with Gasteiger partial charge in [0.25, 0.3) is 5.69 Å². The van der Waals surface area contributed by atoms with Crippen LogP contribution in [0.2, 0.25) is 5.02 Å². The number of hydrogen-bond acceptors (Lipinski definition) is 3. The second-order valence-corrected chi connectivity index (χ2v) is 5.19. The second kappa shape index (κ2) is 5.51. The number of nitro benzene ring substituents is 1. The van der Waals surface area contributed by atoms with Gasteiger partial charge in [0.2, 0.25) is 0 Å². The van der Waals surface area contributed by atoms with E-state index in [1.165, 1.54) is 6.07 Å². The Morgan fingerprint density at radius 2 is 1.90 bits per heavy atom. The molecule has 1 atom stereocenters. The van der Waals surface area contributed by atoms with Gasteiger partial charge >= 0.3 is 0 Å². The molecule has 0 aliphatic heterocycles. The predicted molar refractivity (Wildman–Crippen MR) is 81.2 cm³/mol. The van der Waals surface area contributed by atoms with Crippen LogP contribution in [0.5, 0.6) is 0 Å². The van der Waals surface area contributed by atoms with Gasteiger partial charge in [0.15, 0.2) is 0 Å². The van der Waals surface area contributed by atoms with Crippen molar-refractivity contribution in [3.63, 3.8) is 0 Å². The topological polar surface area (TPSA) is 69.2 Å². The summed E-state index contributed by atoms with van der Waals surface area (Å²) in [4.78, 5) is 10.6. The van der Waals surface area contributed by atoms with E-state index in [0.717, 1.165) is 16.7 Å². The summed E-state index contributed by atoms with van der Waals surface area (Å²) in [5.41, 5.74) is 8.54. The molecule has 104 valence electrons. The molecule has 2 rings (SSSR count). The van der Waals surface area contributed by atoms with Crippen molar-refractivity contribution in [2.75, 3.05) is 5.73 Å². The molecule has 0 aromatic heterocycles. The normalized spacial score (nSPS) is 12.2. The molecule has 2 N–H and O–H groups in total. The van der Waals surface area contributed by atoms with E-state index < -0.39 is 4.92 Å². The van der Waals surface area contributed by atoms with Gasteiger partial charge in [-0.2, -0.15) is 0 Å². The number of rotatable bonds is 3. The molecule has 2 aromatic rings. The van der Waals surface area contributed by atoms with E-state index in [1.54, 1.807) is 6.07 Å². The summed E-state index contributed by atoms with van der Waals surface area (Å²) in [6.45, 7) is 3.76. The minimum atomic E-state index is -0.453. The highest BCUT2D eigenvalue weighted by molar-refractivity contribution is 6.31. The summed E-state index contributed by atoms with van der Waals surface area (Å²) in [6, 6.07) is 10.8. The van der Waals surface area contributed by atoms with E-state index >= 15 is 0 Å². The SMILES string of the molecule is Cc1cc(C(C)c2ccccc2Cl)c(N)c([N+](=O)[O-])c1. The first-order valence-corrected chi connectivity index (χ1v) is 6.58. The van der Waals surface area contributed by atoms with Crippen molar-refractivity contribution >= 4 is 23.0 Å². The smallest absolute Gasteiger partial charge is 0.292 e. The average Bonchev–Trinajstić information content (AvgIpc) is 2.40. The predicted octanol–water partition coefficient (Wildman–Crippen LogP) is 4.29. The molecule has 0 fully saturated rings. The lowest BCUT2D eigenvalue weighted by Gasteiger charge is -2.17. The highest BCUT2D eigenvalue weighted by atomic mass is 35.5. The lowest BCUT2D eigenvalue weighted by Crippen LogP contribution is -2.05. The van der Waals surface area contributed by atoms with Crippen molar-refractivity contribution in [3.8, 4) is 0 Å². The van der Waals surface area contributed by atoms with Crippen LogP contribution in [-0.2, 0) is 0 Å². The number of benzene rings is 2. The standard InChI is InChI=1S/C15H15ClN2O2/c1-9-7-12(15(17)14(8-9)18(19)20)10(2)11-5-3-4-6-13(11)16/h3-8,10H,17H2,1-2H3. The van der Waals surface area contributed by atoms with E-state index in [9.17, 15) is 10.1 Å². The molecule has 0 amide bonds. The largest absolute Gasteiger partial charge is 0.393 e. The van der Waals surface area contributed by atoms with Crippen molar-refractivity contribution in [1.82, 2.24) is 0 Å². The van der Waals surface area contributed by atoms with E-state index in [0.29, 0.717) is 5.02 Å². The van der Waals surface area contributed by atoms with Crippen molar-refractivity contribution in [1.29, 1.82) is 0 Å². The zero-order valence-corrected chi connectivity index (χ0v) is 12.0. The summed E-state index contributed by atoms with van der Waals surface area (Å²) in [7, 11) is 0. The van der Waals surface area contributed by atoms with Crippen LogP contribution in [0.15, 0.2) is 36.4 Å². The van der Waals surface area contributed by atoms with E-state index in [2.05, 4.69) is 0 Å². The third kappa shape index (κ3) is 2.60. The first-order chi connectivity index (χ1) is 9.41. The van der Waals surface area contributed by atoms with Gasteiger partial charge in [0, 0.05) is 17.0 Å². The van der Waals surface area contributed by atoms with E-state index in [1.807, 2.05) is 38.1 Å². The highest BCUT2D eigenvalue weighted by Crippen LogP contribution is 2.37. The third-order valence-corrected chi connectivity index (χ3v) is 3.71. The Morgan fingerprint density at radius 3 is 2.50 bits per heavy atom. The number of aryl methyl sites for hydroxylation is 1. The Kier molecular flexibility index (Phi) is 3.95. The molecule has 4 nitrogen and oxygen atoms in total. The maximum atomic E-state index is 11.1. The van der Waals surface area contributed by atoms with Crippen LogP contribution in [0.4, 0.5) is 11.4 Å². The van der Waals surface area contributed by atoms with Crippen molar-refractivity contribution < 1.29 is 4.92 Å². The van der Waals surface area contributed by atoms with E-state index in [4.69, 9.17) is 17.3 Å². The Bertz CT molecular complexity index is 671. The van der Waals surface area contributed by atoms with Crippen LogP contribution < -0.4 is 5.73 Å². The number of nitrogens with two attached hydrogens (primary N) is 1. The molecule has 0 aliphatic rings. The van der Waals surface area contributed by atoms with Gasteiger partial charge in [-0.1, -0.05) is 42.8 Å². The Balaban J connectivity index is 2.58. The lowest BCUT2D eigenvalue weighted by atomic mass is 9.90. The van der Waals surface area contributed by atoms with Crippen LogP contribution in [0.3, 0.4) is 0 Å². The van der Waals surface area contributed by atoms with Gasteiger partial charge in [-0.15, -0.1) is 0 Å². The van der Waals surface area contributed by atoms with Crippen LogP contribution >= 0.6 is 11.6 Å². The monoisotopic (exact) mass is 290 g/mol. The zero-order valence-electron chi connectivity index (χ0n) is 11.3. The Labute approximate surface area is 122 Å². The molecule has 0 saturated carbocycles. The molecule has 0 aliphatic carbocycles. The first-order valence-electron chi connectivity index (χ1n) is 6.20. The zero-order chi connectivity index (χ0) is 14.9. The van der Waals surface area contributed by atoms with Crippen LogP contribution in [0, 0.1) is 17.0 Å². The number of halogens is 1. The average molecular weight is 291 g/mol. The van der Waals surface area contributed by atoms with Gasteiger partial charge < -0.3 is 5.73 Å². The molecule has 0 saturated heterocycles. The lowest BCUT2D eigenvalue weighted by molar-refractivity contribution is -0.384. The van der Waals surface area contributed by atoms with Gasteiger partial charge in [0.05, 0.1) is 4.92 Å². The number of nitro groups is 1. The molecule has 0 spiro atoms. The molecule has 0 bridgehead atoms.